The maximum Gasteiger partial charge on any atom is 0.124 e. The third-order valence-corrected chi connectivity index (χ3v) is 4.76. The molecule has 2 heteroatoms. The van der Waals surface area contributed by atoms with E-state index in [0.717, 1.165) is 18.8 Å². The molecule has 0 aromatic heterocycles. The lowest BCUT2D eigenvalue weighted by Crippen LogP contribution is -2.29. The normalized spacial score (nSPS) is 18.5. The van der Waals surface area contributed by atoms with Crippen LogP contribution in [0.15, 0.2) is 36.4 Å². The molecule has 0 saturated carbocycles. The minimum absolute atomic E-state index is 0.329. The highest BCUT2D eigenvalue weighted by atomic mass is 16.5. The van der Waals surface area contributed by atoms with Gasteiger partial charge in [-0.05, 0) is 56.0 Å². The van der Waals surface area contributed by atoms with E-state index in [1.165, 1.54) is 27.8 Å². The number of rotatable bonds is 3. The second kappa shape index (κ2) is 6.13. The van der Waals surface area contributed by atoms with Crippen molar-refractivity contribution in [3.63, 3.8) is 0 Å². The van der Waals surface area contributed by atoms with E-state index in [1.54, 1.807) is 0 Å². The van der Waals surface area contributed by atoms with E-state index in [9.17, 15) is 0 Å². The van der Waals surface area contributed by atoms with Gasteiger partial charge in [0.15, 0.2) is 0 Å². The predicted octanol–water partition coefficient (Wildman–Crippen LogP) is 4.79. The average Bonchev–Trinajstić information content (AvgIpc) is 2.51. The van der Waals surface area contributed by atoms with Crippen LogP contribution in [0.4, 0.5) is 0 Å². The van der Waals surface area contributed by atoms with E-state index in [-0.39, 0.29) is 0 Å². The Bertz CT molecular complexity index is 677. The number of hydrogen-bond donors (Lipinski definition) is 1. The molecular weight excluding hydrogens is 270 g/mol. The second-order valence-corrected chi connectivity index (χ2v) is 6.41. The maximum atomic E-state index is 5.76. The topological polar surface area (TPSA) is 21.3 Å². The summed E-state index contributed by atoms with van der Waals surface area (Å²) >= 11 is 0. The molecule has 3 rings (SSSR count). The molecule has 2 nitrogen and oxygen atoms in total. The molecular formula is C20H25NO. The van der Waals surface area contributed by atoms with E-state index >= 15 is 0 Å². The molecule has 2 atom stereocenters. The van der Waals surface area contributed by atoms with Gasteiger partial charge in [-0.15, -0.1) is 0 Å². The Balaban J connectivity index is 1.84. The number of fused-ring (bicyclic) bond motifs is 1. The average molecular weight is 295 g/mol. The molecule has 1 aliphatic rings. The highest BCUT2D eigenvalue weighted by molar-refractivity contribution is 5.40. The summed E-state index contributed by atoms with van der Waals surface area (Å²) < 4.78 is 5.76. The summed E-state index contributed by atoms with van der Waals surface area (Å²) in [6, 6.07) is 13.7. The van der Waals surface area contributed by atoms with Gasteiger partial charge in [-0.25, -0.2) is 0 Å². The molecule has 2 aromatic rings. The second-order valence-electron chi connectivity index (χ2n) is 6.41. The Labute approximate surface area is 133 Å². The molecule has 0 aliphatic carbocycles. The van der Waals surface area contributed by atoms with Crippen molar-refractivity contribution in [3.05, 3.63) is 64.2 Å². The Hall–Kier alpha value is -1.80. The molecule has 1 aliphatic heterocycles. The minimum atomic E-state index is 0.329. The summed E-state index contributed by atoms with van der Waals surface area (Å²) in [7, 11) is 0. The highest BCUT2D eigenvalue weighted by Gasteiger charge is 2.23. The van der Waals surface area contributed by atoms with Crippen molar-refractivity contribution in [3.8, 4) is 5.75 Å². The van der Waals surface area contributed by atoms with Crippen molar-refractivity contribution in [1.29, 1.82) is 0 Å². The van der Waals surface area contributed by atoms with Crippen LogP contribution in [0, 0.1) is 20.8 Å². The van der Waals surface area contributed by atoms with Gasteiger partial charge in [-0.1, -0.05) is 30.3 Å². The molecule has 1 N–H and O–H groups in total. The molecule has 22 heavy (non-hydrogen) atoms. The van der Waals surface area contributed by atoms with Crippen molar-refractivity contribution < 1.29 is 4.74 Å². The zero-order valence-electron chi connectivity index (χ0n) is 13.9. The van der Waals surface area contributed by atoms with Crippen LogP contribution in [0.25, 0.3) is 0 Å². The first-order valence-electron chi connectivity index (χ1n) is 8.12. The van der Waals surface area contributed by atoms with Crippen LogP contribution in [0.1, 0.15) is 53.2 Å². The van der Waals surface area contributed by atoms with E-state index in [1.807, 2.05) is 6.07 Å². The van der Waals surface area contributed by atoms with Gasteiger partial charge in [0.2, 0.25) is 0 Å². The van der Waals surface area contributed by atoms with Gasteiger partial charge in [-0.2, -0.15) is 0 Å². The molecule has 0 saturated heterocycles. The van der Waals surface area contributed by atoms with Crippen LogP contribution in [-0.4, -0.2) is 6.61 Å². The first kappa shape index (κ1) is 15.1. The number of benzene rings is 2. The Morgan fingerprint density at radius 1 is 1.05 bits per heavy atom. The van der Waals surface area contributed by atoms with E-state index in [2.05, 4.69) is 63.3 Å². The lowest BCUT2D eigenvalue weighted by atomic mass is 9.94. The summed E-state index contributed by atoms with van der Waals surface area (Å²) in [4.78, 5) is 0. The number of hydrogen-bond acceptors (Lipinski definition) is 2. The molecule has 2 aromatic carbocycles. The predicted molar refractivity (Wildman–Crippen MR) is 91.5 cm³/mol. The number of ether oxygens (including phenoxy) is 1. The van der Waals surface area contributed by atoms with Crippen molar-refractivity contribution in [2.45, 2.75) is 46.2 Å². The van der Waals surface area contributed by atoms with Gasteiger partial charge >= 0.3 is 0 Å². The van der Waals surface area contributed by atoms with Crippen molar-refractivity contribution >= 4 is 0 Å². The third-order valence-electron chi connectivity index (χ3n) is 4.76. The fourth-order valence-corrected chi connectivity index (χ4v) is 3.36. The molecule has 2 unspecified atom stereocenters. The summed E-state index contributed by atoms with van der Waals surface area (Å²) in [5, 5.41) is 3.80. The summed E-state index contributed by atoms with van der Waals surface area (Å²) in [6.07, 6.45) is 1.02. The van der Waals surface area contributed by atoms with Crippen LogP contribution < -0.4 is 10.1 Å². The van der Waals surface area contributed by atoms with Gasteiger partial charge in [0, 0.05) is 24.1 Å². The largest absolute Gasteiger partial charge is 0.493 e. The van der Waals surface area contributed by atoms with Crippen molar-refractivity contribution in [2.24, 2.45) is 0 Å². The summed E-state index contributed by atoms with van der Waals surface area (Å²) in [5.74, 6) is 1.02. The summed E-state index contributed by atoms with van der Waals surface area (Å²) in [5.41, 5.74) is 6.77. The smallest absolute Gasteiger partial charge is 0.124 e. The maximum absolute atomic E-state index is 5.76. The van der Waals surface area contributed by atoms with E-state index in [4.69, 9.17) is 4.74 Å². The lowest BCUT2D eigenvalue weighted by Gasteiger charge is -2.30. The quantitative estimate of drug-likeness (QED) is 0.879. The fourth-order valence-electron chi connectivity index (χ4n) is 3.36. The zero-order chi connectivity index (χ0) is 15.7. The minimum Gasteiger partial charge on any atom is -0.493 e. The van der Waals surface area contributed by atoms with Crippen LogP contribution in [0.2, 0.25) is 0 Å². The molecule has 0 fully saturated rings. The van der Waals surface area contributed by atoms with Crippen LogP contribution in [0.5, 0.6) is 5.75 Å². The Kier molecular flexibility index (Phi) is 4.21. The van der Waals surface area contributed by atoms with Gasteiger partial charge in [-0.3, -0.25) is 0 Å². The zero-order valence-corrected chi connectivity index (χ0v) is 13.9. The standard InChI is InChI=1S/C20H25NO/c1-13-11-15(3)18(12-14(13)2)16(4)21-19-9-10-22-20-8-6-5-7-17(19)20/h5-8,11-12,16,19,21H,9-10H2,1-4H3. The van der Waals surface area contributed by atoms with Crippen molar-refractivity contribution in [1.82, 2.24) is 5.32 Å². The first-order chi connectivity index (χ1) is 10.6. The molecule has 116 valence electrons. The number of aryl methyl sites for hydroxylation is 3. The van der Waals surface area contributed by atoms with Crippen LogP contribution in [0.3, 0.4) is 0 Å². The third kappa shape index (κ3) is 2.89. The lowest BCUT2D eigenvalue weighted by molar-refractivity contribution is 0.246. The molecule has 0 radical (unpaired) electrons. The first-order valence-corrected chi connectivity index (χ1v) is 8.12. The monoisotopic (exact) mass is 295 g/mol. The van der Waals surface area contributed by atoms with Gasteiger partial charge < -0.3 is 10.1 Å². The molecule has 0 bridgehead atoms. The fraction of sp³-hybridized carbons (Fsp3) is 0.400. The number of para-hydroxylation sites is 1. The van der Waals surface area contributed by atoms with Crippen molar-refractivity contribution in [2.75, 3.05) is 6.61 Å². The van der Waals surface area contributed by atoms with Gasteiger partial charge in [0.25, 0.3) is 0 Å². The van der Waals surface area contributed by atoms with Gasteiger partial charge in [0.1, 0.15) is 5.75 Å². The van der Waals surface area contributed by atoms with E-state index in [0.29, 0.717) is 12.1 Å². The van der Waals surface area contributed by atoms with Gasteiger partial charge in [0.05, 0.1) is 6.61 Å². The SMILES string of the molecule is Cc1cc(C)c(C(C)NC2CCOc3ccccc32)cc1C. The van der Waals surface area contributed by atoms with Crippen LogP contribution in [-0.2, 0) is 0 Å². The molecule has 0 amide bonds. The Morgan fingerprint density at radius 3 is 2.59 bits per heavy atom. The highest BCUT2D eigenvalue weighted by Crippen LogP contribution is 2.34. The van der Waals surface area contributed by atoms with E-state index < -0.39 is 0 Å². The van der Waals surface area contributed by atoms with Crippen LogP contribution >= 0.6 is 0 Å². The molecule has 0 spiro atoms. The number of nitrogens with one attached hydrogen (secondary N) is 1. The summed E-state index contributed by atoms with van der Waals surface area (Å²) in [6.45, 7) is 9.62. The molecule has 1 heterocycles. The Morgan fingerprint density at radius 2 is 1.77 bits per heavy atom.